The minimum Gasteiger partial charge on any atom is -0.496 e. The van der Waals surface area contributed by atoms with Gasteiger partial charge in [0, 0.05) is 54.9 Å². The van der Waals surface area contributed by atoms with E-state index in [1.807, 2.05) is 18.2 Å². The average Bonchev–Trinajstić information content (AvgIpc) is 3.46. The van der Waals surface area contributed by atoms with Crippen LogP contribution in [0.1, 0.15) is 24.0 Å². The predicted molar refractivity (Wildman–Crippen MR) is 133 cm³/mol. The summed E-state index contributed by atoms with van der Waals surface area (Å²) in [7, 11) is 1.58. The SMILES string of the molecule is COc1cc2ncnc(Nc3ccc(F)c(C)c3)c2cc1CC(=O)/C=C/CN1CCC2OCCC21. The number of carbonyl (C=O) groups excluding carboxylic acids is 1. The van der Waals surface area contributed by atoms with Crippen LogP contribution in [-0.4, -0.2) is 59.6 Å². The molecule has 5 rings (SSSR count). The number of fused-ring (bicyclic) bond motifs is 2. The number of methoxy groups -OCH3 is 1. The van der Waals surface area contributed by atoms with Gasteiger partial charge in [-0.05, 0) is 55.7 Å². The van der Waals surface area contributed by atoms with Crippen LogP contribution < -0.4 is 10.1 Å². The minimum atomic E-state index is -0.261. The first kappa shape index (κ1) is 23.4. The fourth-order valence-corrected chi connectivity index (χ4v) is 5.00. The van der Waals surface area contributed by atoms with Crippen molar-refractivity contribution in [3.63, 3.8) is 0 Å². The minimum absolute atomic E-state index is 0.00147. The summed E-state index contributed by atoms with van der Waals surface area (Å²) in [5, 5.41) is 4.00. The standard InChI is InChI=1S/C27H29FN4O3/c1-17-12-19(5-6-22(17)28)31-27-21-14-18(26(34-2)15-23(21)29-16-30-27)13-20(33)4-3-9-32-10-7-25-24(32)8-11-35-25/h3-6,12,14-16,24-25H,7-11,13H2,1-2H3,(H,29,30,31)/b4-3+. The van der Waals surface area contributed by atoms with E-state index in [9.17, 15) is 9.18 Å². The number of nitrogens with zero attached hydrogens (tertiary/aromatic N) is 3. The van der Waals surface area contributed by atoms with E-state index < -0.39 is 0 Å². The van der Waals surface area contributed by atoms with E-state index in [1.54, 1.807) is 32.2 Å². The van der Waals surface area contributed by atoms with Gasteiger partial charge in [0.2, 0.25) is 0 Å². The number of rotatable bonds is 8. The average molecular weight is 477 g/mol. The van der Waals surface area contributed by atoms with Crippen molar-refractivity contribution in [1.29, 1.82) is 0 Å². The molecule has 0 saturated carbocycles. The molecule has 0 bridgehead atoms. The van der Waals surface area contributed by atoms with Gasteiger partial charge in [-0.25, -0.2) is 14.4 Å². The Morgan fingerprint density at radius 3 is 3.00 bits per heavy atom. The number of halogens is 1. The lowest BCUT2D eigenvalue weighted by atomic mass is 10.0. The van der Waals surface area contributed by atoms with Crippen LogP contribution >= 0.6 is 0 Å². The van der Waals surface area contributed by atoms with Crippen LogP contribution in [0.2, 0.25) is 0 Å². The number of aromatic nitrogens is 2. The molecule has 3 heterocycles. The molecule has 2 aromatic carbocycles. The van der Waals surface area contributed by atoms with E-state index in [0.29, 0.717) is 34.8 Å². The zero-order chi connectivity index (χ0) is 24.4. The number of anilines is 2. The predicted octanol–water partition coefficient (Wildman–Crippen LogP) is 4.36. The number of ether oxygens (including phenoxy) is 2. The molecule has 2 saturated heterocycles. The topological polar surface area (TPSA) is 76.6 Å². The lowest BCUT2D eigenvalue weighted by Gasteiger charge is -2.20. The Labute approximate surface area is 204 Å². The summed E-state index contributed by atoms with van der Waals surface area (Å²) in [5.41, 5.74) is 2.70. The quantitative estimate of drug-likeness (QED) is 0.484. The van der Waals surface area contributed by atoms with E-state index in [0.717, 1.165) is 49.2 Å². The maximum absolute atomic E-state index is 13.7. The third-order valence-corrected chi connectivity index (χ3v) is 6.81. The number of hydrogen-bond donors (Lipinski definition) is 1. The Morgan fingerprint density at radius 2 is 2.17 bits per heavy atom. The summed E-state index contributed by atoms with van der Waals surface area (Å²) >= 11 is 0. The van der Waals surface area contributed by atoms with Gasteiger partial charge in [0.15, 0.2) is 5.78 Å². The molecule has 0 spiro atoms. The maximum Gasteiger partial charge on any atom is 0.159 e. The molecule has 2 aliphatic rings. The summed E-state index contributed by atoms with van der Waals surface area (Å²) in [6.07, 6.45) is 7.76. The zero-order valence-corrected chi connectivity index (χ0v) is 20.0. The van der Waals surface area contributed by atoms with E-state index in [4.69, 9.17) is 9.47 Å². The van der Waals surface area contributed by atoms with Gasteiger partial charge in [-0.15, -0.1) is 0 Å². The molecule has 2 aliphatic heterocycles. The van der Waals surface area contributed by atoms with E-state index >= 15 is 0 Å². The molecule has 8 heteroatoms. The number of carbonyl (C=O) groups is 1. The molecule has 0 radical (unpaired) electrons. The third kappa shape index (κ3) is 5.04. The van der Waals surface area contributed by atoms with Gasteiger partial charge in [-0.1, -0.05) is 6.08 Å². The number of aryl methyl sites for hydroxylation is 1. The van der Waals surface area contributed by atoms with Crippen LogP contribution in [0, 0.1) is 12.7 Å². The molecule has 3 aromatic rings. The van der Waals surface area contributed by atoms with Gasteiger partial charge in [0.05, 0.1) is 18.7 Å². The molecule has 2 atom stereocenters. The van der Waals surface area contributed by atoms with Crippen LogP contribution in [-0.2, 0) is 16.0 Å². The van der Waals surface area contributed by atoms with Crippen LogP contribution in [0.4, 0.5) is 15.9 Å². The third-order valence-electron chi connectivity index (χ3n) is 6.81. The second-order valence-corrected chi connectivity index (χ2v) is 9.09. The van der Waals surface area contributed by atoms with E-state index in [2.05, 4.69) is 20.2 Å². The first-order valence-electron chi connectivity index (χ1n) is 11.9. The van der Waals surface area contributed by atoms with Crippen molar-refractivity contribution in [2.45, 2.75) is 38.3 Å². The van der Waals surface area contributed by atoms with Gasteiger partial charge in [-0.2, -0.15) is 0 Å². The van der Waals surface area contributed by atoms with Gasteiger partial charge in [0.1, 0.15) is 23.7 Å². The Bertz CT molecular complexity index is 1280. The molecule has 7 nitrogen and oxygen atoms in total. The highest BCUT2D eigenvalue weighted by atomic mass is 19.1. The molecule has 2 fully saturated rings. The van der Waals surface area contributed by atoms with E-state index in [-0.39, 0.29) is 18.0 Å². The van der Waals surface area contributed by atoms with Crippen LogP contribution in [0.5, 0.6) is 5.75 Å². The molecule has 35 heavy (non-hydrogen) atoms. The van der Waals surface area contributed by atoms with Gasteiger partial charge < -0.3 is 14.8 Å². The summed E-state index contributed by atoms with van der Waals surface area (Å²) < 4.78 is 25.0. The number of benzene rings is 2. The molecule has 182 valence electrons. The second kappa shape index (κ2) is 10.1. The zero-order valence-electron chi connectivity index (χ0n) is 20.0. The summed E-state index contributed by atoms with van der Waals surface area (Å²) in [5.74, 6) is 0.923. The van der Waals surface area contributed by atoms with Crippen molar-refractivity contribution in [3.05, 3.63) is 65.8 Å². The van der Waals surface area contributed by atoms with Gasteiger partial charge >= 0.3 is 0 Å². The number of likely N-dealkylation sites (tertiary alicyclic amines) is 1. The summed E-state index contributed by atoms with van der Waals surface area (Å²) in [4.78, 5) is 23.9. The fourth-order valence-electron chi connectivity index (χ4n) is 5.00. The lowest BCUT2D eigenvalue weighted by Crippen LogP contribution is -2.32. The number of hydrogen-bond acceptors (Lipinski definition) is 7. The van der Waals surface area contributed by atoms with Gasteiger partial charge in [0.25, 0.3) is 0 Å². The smallest absolute Gasteiger partial charge is 0.159 e. The number of ketones is 1. The molecule has 0 amide bonds. The lowest BCUT2D eigenvalue weighted by molar-refractivity contribution is -0.114. The Kier molecular flexibility index (Phi) is 6.74. The first-order valence-corrected chi connectivity index (χ1v) is 11.9. The van der Waals surface area contributed by atoms with Crippen molar-refractivity contribution in [1.82, 2.24) is 14.9 Å². The summed E-state index contributed by atoms with van der Waals surface area (Å²) in [6, 6.07) is 8.99. The molecular weight excluding hydrogens is 447 g/mol. The van der Waals surface area contributed by atoms with Crippen LogP contribution in [0.25, 0.3) is 10.9 Å². The van der Waals surface area contributed by atoms with Crippen molar-refractivity contribution >= 4 is 28.2 Å². The molecule has 1 N–H and O–H groups in total. The highest BCUT2D eigenvalue weighted by Crippen LogP contribution is 2.31. The Hall–Kier alpha value is -3.36. The highest BCUT2D eigenvalue weighted by molar-refractivity contribution is 5.96. The number of nitrogens with one attached hydrogen (secondary N) is 1. The fraction of sp³-hybridized carbons (Fsp3) is 0.370. The largest absolute Gasteiger partial charge is 0.496 e. The Balaban J connectivity index is 1.33. The van der Waals surface area contributed by atoms with Crippen molar-refractivity contribution in [3.8, 4) is 5.75 Å². The van der Waals surface area contributed by atoms with Crippen molar-refractivity contribution in [2.24, 2.45) is 0 Å². The number of allylic oxidation sites excluding steroid dienone is 1. The maximum atomic E-state index is 13.7. The highest BCUT2D eigenvalue weighted by Gasteiger charge is 2.37. The molecule has 1 aromatic heterocycles. The Morgan fingerprint density at radius 1 is 1.29 bits per heavy atom. The second-order valence-electron chi connectivity index (χ2n) is 9.09. The first-order chi connectivity index (χ1) is 17.0. The molecule has 0 aliphatic carbocycles. The monoisotopic (exact) mass is 476 g/mol. The molecular formula is C27H29FN4O3. The van der Waals surface area contributed by atoms with Crippen LogP contribution in [0.15, 0.2) is 48.8 Å². The molecule has 2 unspecified atom stereocenters. The van der Waals surface area contributed by atoms with Crippen molar-refractivity contribution in [2.75, 3.05) is 32.1 Å². The van der Waals surface area contributed by atoms with E-state index in [1.165, 1.54) is 12.4 Å². The van der Waals surface area contributed by atoms with Crippen LogP contribution in [0.3, 0.4) is 0 Å². The van der Waals surface area contributed by atoms with Gasteiger partial charge in [-0.3, -0.25) is 9.69 Å². The summed E-state index contributed by atoms with van der Waals surface area (Å²) in [6.45, 7) is 4.31. The van der Waals surface area contributed by atoms with Crippen molar-refractivity contribution < 1.29 is 18.7 Å². The normalized spacial score (nSPS) is 20.0.